The summed E-state index contributed by atoms with van der Waals surface area (Å²) in [4.78, 5) is 35.3. The standard InChI is InChI=1S/C20H17N3O7S2/c1-2-30-20(25)16-12-17(23(26)27)31-19(16)21-18(24)13-7-6-8-14(11-13)22-32(28,29)15-9-4-3-5-10-15/h3-12,22H,2H2,1H3,(H,21,24). The van der Waals surface area contributed by atoms with Crippen LogP contribution in [0.1, 0.15) is 27.6 Å². The zero-order valence-electron chi connectivity index (χ0n) is 16.6. The van der Waals surface area contributed by atoms with E-state index in [1.54, 1.807) is 25.1 Å². The number of hydrogen-bond donors (Lipinski definition) is 2. The fraction of sp³-hybridized carbons (Fsp3) is 0.100. The molecule has 0 unspecified atom stereocenters. The van der Waals surface area contributed by atoms with Crippen LogP contribution in [0.4, 0.5) is 15.7 Å². The third-order valence-electron chi connectivity index (χ3n) is 4.05. The zero-order valence-corrected chi connectivity index (χ0v) is 18.2. The van der Waals surface area contributed by atoms with Gasteiger partial charge in [-0.2, -0.15) is 0 Å². The molecule has 166 valence electrons. The molecular formula is C20H17N3O7S2. The number of anilines is 2. The molecular weight excluding hydrogens is 458 g/mol. The maximum Gasteiger partial charge on any atom is 0.341 e. The fourth-order valence-corrected chi connectivity index (χ4v) is 4.56. The van der Waals surface area contributed by atoms with E-state index in [2.05, 4.69) is 10.0 Å². The zero-order chi connectivity index (χ0) is 23.3. The number of esters is 1. The Bertz CT molecular complexity index is 1270. The minimum Gasteiger partial charge on any atom is -0.462 e. The lowest BCUT2D eigenvalue weighted by Gasteiger charge is -2.10. The Hall–Kier alpha value is -3.77. The lowest BCUT2D eigenvalue weighted by molar-refractivity contribution is -0.380. The van der Waals surface area contributed by atoms with Gasteiger partial charge in [0.1, 0.15) is 10.6 Å². The molecule has 3 rings (SSSR count). The summed E-state index contributed by atoms with van der Waals surface area (Å²) >= 11 is 0.613. The Morgan fingerprint density at radius 3 is 2.47 bits per heavy atom. The summed E-state index contributed by atoms with van der Waals surface area (Å²) in [6.07, 6.45) is 0. The number of nitrogens with zero attached hydrogens (tertiary/aromatic N) is 1. The van der Waals surface area contributed by atoms with Crippen LogP contribution in [0.2, 0.25) is 0 Å². The second-order valence-corrected chi connectivity index (χ2v) is 8.97. The molecule has 1 aromatic heterocycles. The lowest BCUT2D eigenvalue weighted by Crippen LogP contribution is -2.16. The van der Waals surface area contributed by atoms with Gasteiger partial charge in [0.15, 0.2) is 0 Å². The lowest BCUT2D eigenvalue weighted by atomic mass is 10.2. The molecule has 12 heteroatoms. The van der Waals surface area contributed by atoms with Crippen molar-refractivity contribution in [2.24, 2.45) is 0 Å². The van der Waals surface area contributed by atoms with Crippen LogP contribution in [-0.2, 0) is 14.8 Å². The number of carbonyl (C=O) groups is 2. The molecule has 3 aromatic rings. The van der Waals surface area contributed by atoms with Gasteiger partial charge in [0.2, 0.25) is 0 Å². The van der Waals surface area contributed by atoms with Gasteiger partial charge in [0.05, 0.1) is 16.4 Å². The van der Waals surface area contributed by atoms with Gasteiger partial charge < -0.3 is 10.1 Å². The summed E-state index contributed by atoms with van der Waals surface area (Å²) in [5.41, 5.74) is 0.0752. The van der Waals surface area contributed by atoms with Crippen molar-refractivity contribution in [1.82, 2.24) is 0 Å². The highest BCUT2D eigenvalue weighted by Gasteiger charge is 2.24. The molecule has 0 fully saturated rings. The molecule has 1 amide bonds. The molecule has 10 nitrogen and oxygen atoms in total. The third kappa shape index (κ3) is 5.28. The number of sulfonamides is 1. The predicted molar refractivity (Wildman–Crippen MR) is 119 cm³/mol. The Balaban J connectivity index is 1.84. The van der Waals surface area contributed by atoms with E-state index in [1.165, 1.54) is 36.4 Å². The molecule has 0 aliphatic rings. The highest BCUT2D eigenvalue weighted by Crippen LogP contribution is 2.34. The molecule has 0 aliphatic heterocycles. The number of hydrogen-bond acceptors (Lipinski definition) is 8. The van der Waals surface area contributed by atoms with Crippen LogP contribution in [0, 0.1) is 10.1 Å². The molecule has 0 radical (unpaired) electrons. The summed E-state index contributed by atoms with van der Waals surface area (Å²) in [6, 6.07) is 14.4. The van der Waals surface area contributed by atoms with Gasteiger partial charge in [-0.15, -0.1) is 0 Å². The molecule has 2 aromatic carbocycles. The van der Waals surface area contributed by atoms with Gasteiger partial charge in [-0.3, -0.25) is 19.6 Å². The second-order valence-electron chi connectivity index (χ2n) is 6.26. The molecule has 0 bridgehead atoms. The van der Waals surface area contributed by atoms with Gasteiger partial charge >= 0.3 is 11.0 Å². The second kappa shape index (κ2) is 9.58. The summed E-state index contributed by atoms with van der Waals surface area (Å²) in [7, 11) is -3.86. The molecule has 0 atom stereocenters. The van der Waals surface area contributed by atoms with Crippen molar-refractivity contribution < 1.29 is 27.7 Å². The monoisotopic (exact) mass is 475 g/mol. The summed E-state index contributed by atoms with van der Waals surface area (Å²) < 4.78 is 32.3. The van der Waals surface area contributed by atoms with E-state index in [1.807, 2.05) is 0 Å². The van der Waals surface area contributed by atoms with Crippen LogP contribution in [-0.4, -0.2) is 31.8 Å². The van der Waals surface area contributed by atoms with Crippen LogP contribution in [0.15, 0.2) is 65.6 Å². The van der Waals surface area contributed by atoms with Crippen LogP contribution in [0.5, 0.6) is 0 Å². The van der Waals surface area contributed by atoms with Gasteiger partial charge in [-0.05, 0) is 48.6 Å². The van der Waals surface area contributed by atoms with Gasteiger partial charge in [-0.1, -0.05) is 24.3 Å². The predicted octanol–water partition coefficient (Wildman–Crippen LogP) is 3.89. The number of carbonyl (C=O) groups excluding carboxylic acids is 2. The third-order valence-corrected chi connectivity index (χ3v) is 6.45. The number of ether oxygens (including phenoxy) is 1. The molecule has 0 spiro atoms. The van der Waals surface area contributed by atoms with E-state index in [-0.39, 0.29) is 38.3 Å². The molecule has 32 heavy (non-hydrogen) atoms. The van der Waals surface area contributed by atoms with Gasteiger partial charge in [0.25, 0.3) is 15.9 Å². The van der Waals surface area contributed by atoms with Crippen molar-refractivity contribution in [3.63, 3.8) is 0 Å². The van der Waals surface area contributed by atoms with Crippen molar-refractivity contribution in [2.45, 2.75) is 11.8 Å². The van der Waals surface area contributed by atoms with Crippen molar-refractivity contribution in [1.29, 1.82) is 0 Å². The first-order valence-electron chi connectivity index (χ1n) is 9.16. The average molecular weight is 476 g/mol. The summed E-state index contributed by atoms with van der Waals surface area (Å²) in [6.45, 7) is 1.64. The first-order valence-corrected chi connectivity index (χ1v) is 11.5. The highest BCUT2D eigenvalue weighted by molar-refractivity contribution is 7.92. The van der Waals surface area contributed by atoms with Gasteiger partial charge in [-0.25, -0.2) is 13.2 Å². The fourth-order valence-electron chi connectivity index (χ4n) is 2.63. The van der Waals surface area contributed by atoms with Gasteiger partial charge in [0, 0.05) is 17.3 Å². The van der Waals surface area contributed by atoms with E-state index in [4.69, 9.17) is 4.74 Å². The van der Waals surface area contributed by atoms with Crippen LogP contribution in [0.3, 0.4) is 0 Å². The van der Waals surface area contributed by atoms with E-state index in [9.17, 15) is 28.1 Å². The normalized spacial score (nSPS) is 10.9. The molecule has 1 heterocycles. The van der Waals surface area contributed by atoms with Crippen LogP contribution >= 0.6 is 11.3 Å². The number of amides is 1. The van der Waals surface area contributed by atoms with E-state index >= 15 is 0 Å². The largest absolute Gasteiger partial charge is 0.462 e. The number of nitrogens with one attached hydrogen (secondary N) is 2. The minimum atomic E-state index is -3.86. The van der Waals surface area contributed by atoms with E-state index in [0.717, 1.165) is 6.07 Å². The van der Waals surface area contributed by atoms with Crippen LogP contribution in [0.25, 0.3) is 0 Å². The molecule has 0 saturated heterocycles. The Labute approximate surface area is 187 Å². The average Bonchev–Trinajstić information content (AvgIpc) is 3.19. The minimum absolute atomic E-state index is 0.0459. The molecule has 2 N–H and O–H groups in total. The molecule has 0 aliphatic carbocycles. The quantitative estimate of drug-likeness (QED) is 0.286. The summed E-state index contributed by atoms with van der Waals surface area (Å²) in [5.74, 6) is -1.50. The van der Waals surface area contributed by atoms with Crippen molar-refractivity contribution in [2.75, 3.05) is 16.6 Å². The number of nitro groups is 1. The van der Waals surface area contributed by atoms with Crippen molar-refractivity contribution >= 4 is 48.9 Å². The highest BCUT2D eigenvalue weighted by atomic mass is 32.2. The SMILES string of the molecule is CCOC(=O)c1cc([N+](=O)[O-])sc1NC(=O)c1cccc(NS(=O)(=O)c2ccccc2)c1. The Kier molecular flexibility index (Phi) is 6.85. The summed E-state index contributed by atoms with van der Waals surface area (Å²) in [5, 5.41) is 13.2. The Morgan fingerprint density at radius 2 is 1.81 bits per heavy atom. The smallest absolute Gasteiger partial charge is 0.341 e. The number of benzene rings is 2. The maximum atomic E-state index is 12.7. The Morgan fingerprint density at radius 1 is 1.09 bits per heavy atom. The number of rotatable bonds is 8. The first-order chi connectivity index (χ1) is 15.2. The maximum absolute atomic E-state index is 12.7. The van der Waals surface area contributed by atoms with Crippen molar-refractivity contribution in [3.05, 3.63) is 81.9 Å². The number of thiophene rings is 1. The topological polar surface area (TPSA) is 145 Å². The van der Waals surface area contributed by atoms with Crippen LogP contribution < -0.4 is 10.0 Å². The van der Waals surface area contributed by atoms with Crippen molar-refractivity contribution in [3.8, 4) is 0 Å². The van der Waals surface area contributed by atoms with E-state index in [0.29, 0.717) is 11.3 Å². The molecule has 0 saturated carbocycles. The van der Waals surface area contributed by atoms with E-state index < -0.39 is 26.8 Å². The first kappa shape index (κ1) is 22.9.